The molecule has 1 amide bonds. The Bertz CT molecular complexity index is 1440. The summed E-state index contributed by atoms with van der Waals surface area (Å²) in [5, 5.41) is 4.97. The average molecular weight is 549 g/mol. The first kappa shape index (κ1) is 27.1. The molecule has 0 saturated carbocycles. The van der Waals surface area contributed by atoms with E-state index in [1.807, 2.05) is 42.2 Å². The SMILES string of the molecule is CCC[C@@H](C)c1nc(N2CCCN(C(=O)[C@@H](Cl)c3ccccc3)CC2)c2c(C)nn(-c3ccc(F)cc3)c2n1. The summed E-state index contributed by atoms with van der Waals surface area (Å²) >= 11 is 6.59. The van der Waals surface area contributed by atoms with Gasteiger partial charge in [-0.1, -0.05) is 50.6 Å². The summed E-state index contributed by atoms with van der Waals surface area (Å²) in [6.07, 6.45) is 2.78. The van der Waals surface area contributed by atoms with Crippen LogP contribution in [0, 0.1) is 12.7 Å². The predicted molar refractivity (Wildman–Crippen MR) is 153 cm³/mol. The van der Waals surface area contributed by atoms with E-state index < -0.39 is 5.38 Å². The fourth-order valence-electron chi connectivity index (χ4n) is 5.23. The van der Waals surface area contributed by atoms with E-state index in [1.54, 1.807) is 16.8 Å². The largest absolute Gasteiger partial charge is 0.354 e. The van der Waals surface area contributed by atoms with Crippen LogP contribution in [0.5, 0.6) is 0 Å². The first-order chi connectivity index (χ1) is 18.9. The molecule has 0 N–H and O–H groups in total. The van der Waals surface area contributed by atoms with Gasteiger partial charge in [0, 0.05) is 32.1 Å². The van der Waals surface area contributed by atoms with Crippen LogP contribution in [0.2, 0.25) is 0 Å². The number of aryl methyl sites for hydroxylation is 1. The second kappa shape index (κ2) is 11.7. The highest BCUT2D eigenvalue weighted by atomic mass is 35.5. The summed E-state index contributed by atoms with van der Waals surface area (Å²) in [5.41, 5.74) is 3.07. The van der Waals surface area contributed by atoms with Crippen LogP contribution in [0.1, 0.15) is 61.5 Å². The normalized spacial score (nSPS) is 15.8. The molecule has 39 heavy (non-hydrogen) atoms. The van der Waals surface area contributed by atoms with Crippen molar-refractivity contribution in [3.63, 3.8) is 0 Å². The maximum atomic E-state index is 13.7. The summed E-state index contributed by atoms with van der Waals surface area (Å²) in [5.74, 6) is 1.40. The molecule has 0 radical (unpaired) electrons. The van der Waals surface area contributed by atoms with Crippen molar-refractivity contribution in [3.05, 3.63) is 77.5 Å². The lowest BCUT2D eigenvalue weighted by Gasteiger charge is -2.25. The number of anilines is 1. The maximum Gasteiger partial charge on any atom is 0.245 e. The highest BCUT2D eigenvalue weighted by molar-refractivity contribution is 6.30. The van der Waals surface area contributed by atoms with Gasteiger partial charge in [-0.05, 0) is 49.6 Å². The number of halogens is 2. The van der Waals surface area contributed by atoms with Crippen LogP contribution in [0.15, 0.2) is 54.6 Å². The Labute approximate surface area is 233 Å². The van der Waals surface area contributed by atoms with Crippen LogP contribution in [-0.2, 0) is 4.79 Å². The van der Waals surface area contributed by atoms with Crippen LogP contribution in [0.4, 0.5) is 10.2 Å². The van der Waals surface area contributed by atoms with Gasteiger partial charge < -0.3 is 9.80 Å². The second-order valence-corrected chi connectivity index (χ2v) is 10.6. The fraction of sp³-hybridized carbons (Fsp3) is 0.400. The number of benzene rings is 2. The summed E-state index contributed by atoms with van der Waals surface area (Å²) < 4.78 is 15.4. The van der Waals surface area contributed by atoms with Crippen molar-refractivity contribution in [3.8, 4) is 5.69 Å². The first-order valence-electron chi connectivity index (χ1n) is 13.6. The molecule has 2 aromatic heterocycles. The van der Waals surface area contributed by atoms with E-state index in [2.05, 4.69) is 18.7 Å². The standard InChI is InChI=1S/C30H34ClFN6O/c1-4-9-20(2)27-33-28(25-21(3)35-38(29(25)34-27)24-14-12-23(32)13-15-24)36-16-8-17-37(19-18-36)30(39)26(31)22-10-6-5-7-11-22/h5-7,10-15,20,26H,4,8-9,16-19H2,1-3H3/t20-,26+/m1/s1. The molecule has 4 aromatic rings. The number of hydrogen-bond donors (Lipinski definition) is 0. The Morgan fingerprint density at radius 3 is 2.49 bits per heavy atom. The van der Waals surface area contributed by atoms with Crippen molar-refractivity contribution in [2.75, 3.05) is 31.1 Å². The minimum Gasteiger partial charge on any atom is -0.354 e. The average Bonchev–Trinajstić information content (AvgIpc) is 3.12. The molecule has 0 aliphatic carbocycles. The van der Waals surface area contributed by atoms with Crippen LogP contribution >= 0.6 is 11.6 Å². The van der Waals surface area contributed by atoms with Gasteiger partial charge in [0.15, 0.2) is 5.65 Å². The summed E-state index contributed by atoms with van der Waals surface area (Å²) in [7, 11) is 0. The zero-order chi connectivity index (χ0) is 27.5. The lowest BCUT2D eigenvalue weighted by atomic mass is 10.1. The molecule has 1 aliphatic rings. The summed E-state index contributed by atoms with van der Waals surface area (Å²) in [6, 6.07) is 15.8. The highest BCUT2D eigenvalue weighted by Crippen LogP contribution is 2.32. The molecule has 0 unspecified atom stereocenters. The molecule has 7 nitrogen and oxygen atoms in total. The van der Waals surface area contributed by atoms with E-state index in [9.17, 15) is 9.18 Å². The lowest BCUT2D eigenvalue weighted by Crippen LogP contribution is -2.37. The molecule has 2 atom stereocenters. The van der Waals surface area contributed by atoms with Crippen molar-refractivity contribution in [2.45, 2.75) is 51.3 Å². The molecular formula is C30H34ClFN6O. The monoisotopic (exact) mass is 548 g/mol. The van der Waals surface area contributed by atoms with Gasteiger partial charge in [-0.25, -0.2) is 19.0 Å². The predicted octanol–water partition coefficient (Wildman–Crippen LogP) is 6.19. The highest BCUT2D eigenvalue weighted by Gasteiger charge is 2.28. The van der Waals surface area contributed by atoms with Crippen LogP contribution < -0.4 is 4.90 Å². The van der Waals surface area contributed by atoms with Crippen molar-refractivity contribution in [2.24, 2.45) is 0 Å². The van der Waals surface area contributed by atoms with E-state index in [4.69, 9.17) is 26.7 Å². The minimum atomic E-state index is -0.707. The Hall–Kier alpha value is -3.52. The molecule has 3 heterocycles. The lowest BCUT2D eigenvalue weighted by molar-refractivity contribution is -0.130. The number of nitrogens with zero attached hydrogens (tertiary/aromatic N) is 6. The molecule has 1 saturated heterocycles. The summed E-state index contributed by atoms with van der Waals surface area (Å²) in [6.45, 7) is 8.81. The number of alkyl halides is 1. The number of amides is 1. The van der Waals surface area contributed by atoms with Gasteiger partial charge in [-0.2, -0.15) is 5.10 Å². The van der Waals surface area contributed by atoms with Gasteiger partial charge in [-0.3, -0.25) is 4.79 Å². The molecular weight excluding hydrogens is 515 g/mol. The van der Waals surface area contributed by atoms with Crippen LogP contribution in [0.25, 0.3) is 16.7 Å². The Morgan fingerprint density at radius 1 is 1.03 bits per heavy atom. The molecule has 1 aliphatic heterocycles. The third kappa shape index (κ3) is 5.62. The van der Waals surface area contributed by atoms with Crippen molar-refractivity contribution in [1.29, 1.82) is 0 Å². The molecule has 0 bridgehead atoms. The molecule has 1 fully saturated rings. The molecule has 2 aromatic carbocycles. The second-order valence-electron chi connectivity index (χ2n) is 10.2. The van der Waals surface area contributed by atoms with Gasteiger partial charge >= 0.3 is 0 Å². The smallest absolute Gasteiger partial charge is 0.245 e. The Kier molecular flexibility index (Phi) is 8.12. The van der Waals surface area contributed by atoms with Gasteiger partial charge in [-0.15, -0.1) is 11.6 Å². The zero-order valence-electron chi connectivity index (χ0n) is 22.6. The third-order valence-corrected chi connectivity index (χ3v) is 7.79. The van der Waals surface area contributed by atoms with Crippen LogP contribution in [-0.4, -0.2) is 56.7 Å². The van der Waals surface area contributed by atoms with E-state index in [0.717, 1.165) is 59.8 Å². The number of carbonyl (C=O) groups is 1. The van der Waals surface area contributed by atoms with E-state index in [1.165, 1.54) is 12.1 Å². The van der Waals surface area contributed by atoms with E-state index in [0.29, 0.717) is 25.3 Å². The van der Waals surface area contributed by atoms with Crippen LogP contribution in [0.3, 0.4) is 0 Å². The summed E-state index contributed by atoms with van der Waals surface area (Å²) in [4.78, 5) is 27.4. The van der Waals surface area contributed by atoms with Gasteiger partial charge in [0.25, 0.3) is 0 Å². The first-order valence-corrected chi connectivity index (χ1v) is 14.1. The minimum absolute atomic E-state index is 0.0740. The molecule has 9 heteroatoms. The van der Waals surface area contributed by atoms with Gasteiger partial charge in [0.2, 0.25) is 5.91 Å². The number of rotatable bonds is 7. The topological polar surface area (TPSA) is 67.2 Å². The maximum absolute atomic E-state index is 13.7. The molecule has 5 rings (SSSR count). The Balaban J connectivity index is 1.49. The quantitative estimate of drug-likeness (QED) is 0.258. The number of aromatic nitrogens is 4. The van der Waals surface area contributed by atoms with E-state index in [-0.39, 0.29) is 17.6 Å². The third-order valence-electron chi connectivity index (χ3n) is 7.35. The molecule has 204 valence electrons. The number of hydrogen-bond acceptors (Lipinski definition) is 5. The van der Waals surface area contributed by atoms with E-state index >= 15 is 0 Å². The molecule has 0 spiro atoms. The van der Waals surface area contributed by atoms with Crippen molar-refractivity contribution < 1.29 is 9.18 Å². The van der Waals surface area contributed by atoms with Gasteiger partial charge in [0.05, 0.1) is 16.8 Å². The zero-order valence-corrected chi connectivity index (χ0v) is 23.4. The van der Waals surface area contributed by atoms with Crippen molar-refractivity contribution in [1.82, 2.24) is 24.6 Å². The number of fused-ring (bicyclic) bond motifs is 1. The van der Waals surface area contributed by atoms with Gasteiger partial charge in [0.1, 0.15) is 22.8 Å². The Morgan fingerprint density at radius 2 is 1.77 bits per heavy atom. The number of carbonyl (C=O) groups excluding carboxylic acids is 1. The van der Waals surface area contributed by atoms with Crippen molar-refractivity contribution >= 4 is 34.4 Å². The fourth-order valence-corrected chi connectivity index (χ4v) is 5.51.